The van der Waals surface area contributed by atoms with Gasteiger partial charge in [0.2, 0.25) is 11.2 Å². The lowest BCUT2D eigenvalue weighted by molar-refractivity contribution is -0.214. The molecule has 0 atom stereocenters. The van der Waals surface area contributed by atoms with Crippen LogP contribution in [-0.2, 0) is 9.59 Å². The van der Waals surface area contributed by atoms with Crippen molar-refractivity contribution in [1.29, 1.82) is 0 Å². The molecule has 1 aliphatic carbocycles. The van der Waals surface area contributed by atoms with Gasteiger partial charge in [0.1, 0.15) is 0 Å². The fourth-order valence-electron chi connectivity index (χ4n) is 3.03. The van der Waals surface area contributed by atoms with E-state index in [2.05, 4.69) is 0 Å². The molecule has 26 heavy (non-hydrogen) atoms. The van der Waals surface area contributed by atoms with E-state index in [0.29, 0.717) is 5.56 Å². The molecule has 6 heteroatoms. The second kappa shape index (κ2) is 6.25. The van der Waals surface area contributed by atoms with E-state index < -0.39 is 23.1 Å². The molecule has 0 saturated carbocycles. The Kier molecular flexibility index (Phi) is 4.23. The lowest BCUT2D eigenvalue weighted by atomic mass is 9.73. The first-order valence-corrected chi connectivity index (χ1v) is 7.78. The van der Waals surface area contributed by atoms with Crippen LogP contribution in [0.3, 0.4) is 0 Å². The summed E-state index contributed by atoms with van der Waals surface area (Å²) in [4.78, 5) is 23.4. The van der Waals surface area contributed by atoms with Gasteiger partial charge in [-0.25, -0.2) is 0 Å². The minimum Gasteiger partial charge on any atom is -0.480 e. The molecule has 2 aromatic carbocycles. The second-order valence-electron chi connectivity index (χ2n) is 5.99. The van der Waals surface area contributed by atoms with Crippen molar-refractivity contribution in [2.45, 2.75) is 5.79 Å². The minimum absolute atomic E-state index is 0.271. The monoisotopic (exact) mass is 352 g/mol. The Hall–Kier alpha value is -3.22. The van der Waals surface area contributed by atoms with Crippen LogP contribution in [0.1, 0.15) is 5.56 Å². The summed E-state index contributed by atoms with van der Waals surface area (Å²) in [5.41, 5.74) is -0.443. The van der Waals surface area contributed by atoms with E-state index in [1.165, 1.54) is 6.08 Å². The van der Waals surface area contributed by atoms with E-state index in [1.807, 2.05) is 42.5 Å². The molecule has 0 aliphatic heterocycles. The Bertz CT molecular complexity index is 910. The van der Waals surface area contributed by atoms with Crippen molar-refractivity contribution in [2.24, 2.45) is 5.41 Å². The van der Waals surface area contributed by atoms with Gasteiger partial charge in [-0.15, -0.1) is 0 Å². The molecule has 0 heterocycles. The molecule has 1 aliphatic rings. The molecule has 2 aromatic rings. The number of hydrogen-bond donors (Lipinski definition) is 4. The maximum atomic E-state index is 11.7. The molecule has 6 nitrogen and oxygen atoms in total. The topological polar surface area (TPSA) is 115 Å². The van der Waals surface area contributed by atoms with E-state index >= 15 is 0 Å². The summed E-state index contributed by atoms with van der Waals surface area (Å²) in [6.45, 7) is 0. The molecule has 0 aromatic heterocycles. The van der Waals surface area contributed by atoms with Gasteiger partial charge in [0.05, 0.1) is 0 Å². The number of carbonyl (C=O) groups is 2. The number of carboxylic acids is 2. The van der Waals surface area contributed by atoms with Gasteiger partial charge in [-0.05, 0) is 34.4 Å². The van der Waals surface area contributed by atoms with E-state index in [1.54, 1.807) is 12.1 Å². The van der Waals surface area contributed by atoms with Crippen LogP contribution in [0.2, 0.25) is 0 Å². The van der Waals surface area contributed by atoms with E-state index in [0.717, 1.165) is 23.3 Å². The van der Waals surface area contributed by atoms with Crippen molar-refractivity contribution in [1.82, 2.24) is 0 Å². The van der Waals surface area contributed by atoms with Crippen LogP contribution in [0.25, 0.3) is 16.7 Å². The van der Waals surface area contributed by atoms with Gasteiger partial charge in [-0.2, -0.15) is 0 Å². The fraction of sp³-hybridized carbons (Fsp3) is 0.100. The molecule has 0 unspecified atom stereocenters. The van der Waals surface area contributed by atoms with Crippen molar-refractivity contribution in [3.05, 3.63) is 78.4 Å². The summed E-state index contributed by atoms with van der Waals surface area (Å²) >= 11 is 0. The largest absolute Gasteiger partial charge is 0.480 e. The molecular weight excluding hydrogens is 336 g/mol. The lowest BCUT2D eigenvalue weighted by Gasteiger charge is -2.35. The molecule has 0 saturated heterocycles. The van der Waals surface area contributed by atoms with Gasteiger partial charge in [-0.1, -0.05) is 60.7 Å². The van der Waals surface area contributed by atoms with Gasteiger partial charge in [-0.3, -0.25) is 9.59 Å². The van der Waals surface area contributed by atoms with Crippen molar-refractivity contribution in [3.63, 3.8) is 0 Å². The zero-order valence-corrected chi connectivity index (χ0v) is 13.5. The molecule has 0 amide bonds. The Morgan fingerprint density at radius 3 is 1.88 bits per heavy atom. The van der Waals surface area contributed by atoms with Crippen LogP contribution in [-0.4, -0.2) is 38.2 Å². The molecule has 4 N–H and O–H groups in total. The van der Waals surface area contributed by atoms with Crippen LogP contribution in [0.5, 0.6) is 0 Å². The third kappa shape index (κ3) is 2.61. The summed E-state index contributed by atoms with van der Waals surface area (Å²) in [5.74, 6) is -6.79. The first-order chi connectivity index (χ1) is 12.3. The molecule has 3 rings (SSSR count). The maximum absolute atomic E-state index is 11.7. The van der Waals surface area contributed by atoms with E-state index in [4.69, 9.17) is 0 Å². The van der Waals surface area contributed by atoms with Crippen LogP contribution < -0.4 is 0 Å². The lowest BCUT2D eigenvalue weighted by Crippen LogP contribution is -2.57. The average molecular weight is 352 g/mol. The Balaban J connectivity index is 2.23. The molecule has 132 valence electrons. The number of aliphatic carboxylic acids is 2. The van der Waals surface area contributed by atoms with Crippen molar-refractivity contribution in [2.75, 3.05) is 0 Å². The van der Waals surface area contributed by atoms with Crippen LogP contribution >= 0.6 is 0 Å². The van der Waals surface area contributed by atoms with Crippen LogP contribution in [0, 0.1) is 5.41 Å². The number of benzene rings is 2. The average Bonchev–Trinajstić information content (AvgIpc) is 2.62. The van der Waals surface area contributed by atoms with Crippen molar-refractivity contribution in [3.8, 4) is 11.1 Å². The third-order valence-corrected chi connectivity index (χ3v) is 4.45. The highest BCUT2D eigenvalue weighted by atomic mass is 16.5. The quantitative estimate of drug-likeness (QED) is 0.495. The highest BCUT2D eigenvalue weighted by molar-refractivity contribution is 6.05. The first kappa shape index (κ1) is 17.6. The molecule has 0 radical (unpaired) electrons. The fourth-order valence-corrected chi connectivity index (χ4v) is 3.03. The summed E-state index contributed by atoms with van der Waals surface area (Å²) in [6, 6.07) is 16.4. The predicted molar refractivity (Wildman–Crippen MR) is 93.9 cm³/mol. The normalized spacial score (nSPS) is 17.4. The molecular formula is C20H16O6. The highest BCUT2D eigenvalue weighted by Gasteiger charge is 2.61. The van der Waals surface area contributed by atoms with Crippen molar-refractivity contribution >= 4 is 17.5 Å². The SMILES string of the molecule is O=C(O)C1(C(=O)O)C=C(c2ccccc2-c2ccccc2)C=CC1(O)O. The van der Waals surface area contributed by atoms with E-state index in [-0.39, 0.29) is 5.57 Å². The zero-order chi connectivity index (χ0) is 18.9. The minimum atomic E-state index is -3.06. The van der Waals surface area contributed by atoms with Crippen LogP contribution in [0.15, 0.2) is 72.8 Å². The smallest absolute Gasteiger partial charge is 0.331 e. The van der Waals surface area contributed by atoms with Gasteiger partial charge >= 0.3 is 11.9 Å². The number of rotatable bonds is 4. The summed E-state index contributed by atoms with van der Waals surface area (Å²) in [5, 5.41) is 39.0. The summed E-state index contributed by atoms with van der Waals surface area (Å²) in [6.07, 6.45) is 2.97. The first-order valence-electron chi connectivity index (χ1n) is 7.78. The van der Waals surface area contributed by atoms with Gasteiger partial charge < -0.3 is 20.4 Å². The zero-order valence-electron chi connectivity index (χ0n) is 13.5. The Labute approximate surface area is 149 Å². The van der Waals surface area contributed by atoms with Gasteiger partial charge in [0, 0.05) is 0 Å². The summed E-state index contributed by atoms with van der Waals surface area (Å²) in [7, 11) is 0. The van der Waals surface area contributed by atoms with Gasteiger partial charge in [0.25, 0.3) is 0 Å². The van der Waals surface area contributed by atoms with Gasteiger partial charge in [0.15, 0.2) is 0 Å². The predicted octanol–water partition coefficient (Wildman–Crippen LogP) is 2.14. The number of hydrogen-bond acceptors (Lipinski definition) is 4. The second-order valence-corrected chi connectivity index (χ2v) is 5.99. The molecule has 0 spiro atoms. The van der Waals surface area contributed by atoms with Crippen LogP contribution in [0.4, 0.5) is 0 Å². The third-order valence-electron chi connectivity index (χ3n) is 4.45. The van der Waals surface area contributed by atoms with E-state index in [9.17, 15) is 30.0 Å². The maximum Gasteiger partial charge on any atom is 0.331 e. The summed E-state index contributed by atoms with van der Waals surface area (Å²) < 4.78 is 0. The Morgan fingerprint density at radius 2 is 1.31 bits per heavy atom. The standard InChI is InChI=1S/C20H16O6/c21-17(22)19(18(23)24)12-14(10-11-20(19,25)26)16-9-5-4-8-15(16)13-6-2-1-3-7-13/h1-12,25-26H,(H,21,22)(H,23,24). The molecule has 0 bridgehead atoms. The number of aliphatic hydroxyl groups is 2. The number of allylic oxidation sites excluding steroid dienone is 2. The highest BCUT2D eigenvalue weighted by Crippen LogP contribution is 2.42. The Morgan fingerprint density at radius 1 is 0.769 bits per heavy atom. The molecule has 0 fully saturated rings. The number of carboxylic acid groups (broad SMARTS) is 2. The van der Waals surface area contributed by atoms with Crippen molar-refractivity contribution < 1.29 is 30.0 Å².